The first-order valence-corrected chi connectivity index (χ1v) is 7.93. The fourth-order valence-corrected chi connectivity index (χ4v) is 2.45. The lowest BCUT2D eigenvalue weighted by atomic mass is 10.1. The van der Waals surface area contributed by atoms with E-state index in [1.165, 1.54) is 6.20 Å². The molecular weight excluding hydrogens is 252 g/mol. The molecule has 1 aromatic heterocycles. The third-order valence-corrected chi connectivity index (χ3v) is 4.76. The highest BCUT2D eigenvalue weighted by molar-refractivity contribution is 7.90. The van der Waals surface area contributed by atoms with Gasteiger partial charge >= 0.3 is 0 Å². The fraction of sp³-hybridized carbons (Fsp3) is 0.583. The smallest absolute Gasteiger partial charge is 0.166 e. The Bertz CT molecular complexity index is 581. The van der Waals surface area contributed by atoms with Crippen LogP contribution in [-0.2, 0) is 16.3 Å². The Labute approximate surface area is 107 Å². The van der Waals surface area contributed by atoms with Crippen LogP contribution in [0.25, 0.3) is 0 Å². The van der Waals surface area contributed by atoms with Crippen molar-refractivity contribution in [2.45, 2.75) is 37.9 Å². The predicted octanol–water partition coefficient (Wildman–Crippen LogP) is 1.49. The Balaban J connectivity index is 2.44. The SMILES string of the molecule is CC(c1ncc2c(n1)CCCCC2=O)S(C)(=O)=O. The number of fused-ring (bicyclic) bond motifs is 1. The molecule has 0 N–H and O–H groups in total. The summed E-state index contributed by atoms with van der Waals surface area (Å²) < 4.78 is 23.0. The summed E-state index contributed by atoms with van der Waals surface area (Å²) in [6, 6.07) is 0. The summed E-state index contributed by atoms with van der Waals surface area (Å²) in [6.07, 6.45) is 5.64. The minimum atomic E-state index is -3.21. The van der Waals surface area contributed by atoms with Gasteiger partial charge in [-0.3, -0.25) is 4.79 Å². The topological polar surface area (TPSA) is 77.0 Å². The van der Waals surface area contributed by atoms with Crippen molar-refractivity contribution >= 4 is 15.6 Å². The molecular formula is C12H16N2O3S. The maximum Gasteiger partial charge on any atom is 0.166 e. The highest BCUT2D eigenvalue weighted by Gasteiger charge is 2.23. The molecule has 1 aromatic rings. The lowest BCUT2D eigenvalue weighted by Crippen LogP contribution is -2.14. The van der Waals surface area contributed by atoms with Crippen LogP contribution in [0.15, 0.2) is 6.20 Å². The molecule has 0 fully saturated rings. The predicted molar refractivity (Wildman–Crippen MR) is 67.2 cm³/mol. The van der Waals surface area contributed by atoms with Gasteiger partial charge in [0.05, 0.1) is 11.3 Å². The van der Waals surface area contributed by atoms with Crippen LogP contribution in [0.5, 0.6) is 0 Å². The molecule has 0 radical (unpaired) electrons. The van der Waals surface area contributed by atoms with Gasteiger partial charge in [-0.1, -0.05) is 0 Å². The number of carbonyl (C=O) groups is 1. The normalized spacial score (nSPS) is 18.0. The molecule has 6 heteroatoms. The molecule has 1 atom stereocenters. The maximum absolute atomic E-state index is 11.8. The van der Waals surface area contributed by atoms with E-state index in [0.717, 1.165) is 19.1 Å². The molecule has 0 spiro atoms. The largest absolute Gasteiger partial charge is 0.294 e. The maximum atomic E-state index is 11.8. The third kappa shape index (κ3) is 2.58. The summed E-state index contributed by atoms with van der Waals surface area (Å²) in [4.78, 5) is 20.1. The van der Waals surface area contributed by atoms with Crippen LogP contribution in [0.4, 0.5) is 0 Å². The van der Waals surface area contributed by atoms with Gasteiger partial charge in [0.25, 0.3) is 0 Å². The van der Waals surface area contributed by atoms with E-state index in [4.69, 9.17) is 0 Å². The Morgan fingerprint density at radius 1 is 1.28 bits per heavy atom. The van der Waals surface area contributed by atoms with E-state index < -0.39 is 15.1 Å². The monoisotopic (exact) mass is 268 g/mol. The average Bonchev–Trinajstić information content (AvgIpc) is 2.49. The van der Waals surface area contributed by atoms with Gasteiger partial charge in [0.2, 0.25) is 0 Å². The van der Waals surface area contributed by atoms with Gasteiger partial charge < -0.3 is 0 Å². The molecule has 0 bridgehead atoms. The standard InChI is InChI=1S/C12H16N2O3S/c1-8(18(2,16)17)12-13-7-9-10(14-12)5-3-4-6-11(9)15/h7-8H,3-6H2,1-2H3. The van der Waals surface area contributed by atoms with Crippen molar-refractivity contribution in [2.75, 3.05) is 6.26 Å². The molecule has 98 valence electrons. The van der Waals surface area contributed by atoms with Crippen LogP contribution in [0, 0.1) is 0 Å². The lowest BCUT2D eigenvalue weighted by molar-refractivity contribution is 0.0981. The third-order valence-electron chi connectivity index (χ3n) is 3.26. The molecule has 0 aliphatic heterocycles. The summed E-state index contributed by atoms with van der Waals surface area (Å²) in [7, 11) is -3.21. The molecule has 5 nitrogen and oxygen atoms in total. The number of hydrogen-bond acceptors (Lipinski definition) is 5. The molecule has 0 saturated heterocycles. The van der Waals surface area contributed by atoms with Gasteiger partial charge in [-0.2, -0.15) is 0 Å². The number of Topliss-reactive ketones (excluding diaryl/α,β-unsaturated/α-hetero) is 1. The van der Waals surface area contributed by atoms with Crippen molar-refractivity contribution in [3.8, 4) is 0 Å². The van der Waals surface area contributed by atoms with E-state index in [9.17, 15) is 13.2 Å². The number of ketones is 1. The van der Waals surface area contributed by atoms with E-state index >= 15 is 0 Å². The second-order valence-electron chi connectivity index (χ2n) is 4.69. The molecule has 1 aliphatic carbocycles. The number of hydrogen-bond donors (Lipinski definition) is 0. The average molecular weight is 268 g/mol. The second-order valence-corrected chi connectivity index (χ2v) is 7.06. The first kappa shape index (κ1) is 13.1. The summed E-state index contributed by atoms with van der Waals surface area (Å²) in [5.41, 5.74) is 1.25. The van der Waals surface area contributed by atoms with E-state index in [1.807, 2.05) is 0 Å². The molecule has 18 heavy (non-hydrogen) atoms. The number of sulfone groups is 1. The minimum Gasteiger partial charge on any atom is -0.294 e. The van der Waals surface area contributed by atoms with Crippen molar-refractivity contribution in [3.05, 3.63) is 23.3 Å². The molecule has 0 saturated carbocycles. The van der Waals surface area contributed by atoms with Crippen molar-refractivity contribution in [1.29, 1.82) is 0 Å². The van der Waals surface area contributed by atoms with E-state index in [-0.39, 0.29) is 11.6 Å². The number of nitrogens with zero attached hydrogens (tertiary/aromatic N) is 2. The number of aromatic nitrogens is 2. The fourth-order valence-electron chi connectivity index (χ4n) is 1.96. The zero-order valence-electron chi connectivity index (χ0n) is 10.5. The van der Waals surface area contributed by atoms with E-state index in [0.29, 0.717) is 24.1 Å². The lowest BCUT2D eigenvalue weighted by Gasteiger charge is -2.10. The first-order valence-electron chi connectivity index (χ1n) is 5.97. The molecule has 0 amide bonds. The zero-order chi connectivity index (χ0) is 13.3. The van der Waals surface area contributed by atoms with Crippen molar-refractivity contribution < 1.29 is 13.2 Å². The van der Waals surface area contributed by atoms with Crippen LogP contribution in [0.3, 0.4) is 0 Å². The van der Waals surface area contributed by atoms with Gasteiger partial charge in [-0.05, 0) is 26.2 Å². The van der Waals surface area contributed by atoms with Crippen molar-refractivity contribution in [2.24, 2.45) is 0 Å². The van der Waals surface area contributed by atoms with Gasteiger partial charge in [0, 0.05) is 18.9 Å². The van der Waals surface area contributed by atoms with Gasteiger partial charge in [-0.15, -0.1) is 0 Å². The summed E-state index contributed by atoms with van der Waals surface area (Å²) in [6.45, 7) is 1.57. The van der Waals surface area contributed by atoms with Crippen molar-refractivity contribution in [3.63, 3.8) is 0 Å². The zero-order valence-corrected chi connectivity index (χ0v) is 11.3. The van der Waals surface area contributed by atoms with Crippen LogP contribution < -0.4 is 0 Å². The number of carbonyl (C=O) groups excluding carboxylic acids is 1. The van der Waals surface area contributed by atoms with E-state index in [2.05, 4.69) is 9.97 Å². The van der Waals surface area contributed by atoms with Crippen LogP contribution in [0.1, 0.15) is 53.3 Å². The van der Waals surface area contributed by atoms with Crippen molar-refractivity contribution in [1.82, 2.24) is 9.97 Å². The highest BCUT2D eigenvalue weighted by Crippen LogP contribution is 2.22. The minimum absolute atomic E-state index is 0.0565. The van der Waals surface area contributed by atoms with Gasteiger partial charge in [0.15, 0.2) is 15.6 Å². The quantitative estimate of drug-likeness (QED) is 0.759. The summed E-state index contributed by atoms with van der Waals surface area (Å²) in [5.74, 6) is 0.340. The summed E-state index contributed by atoms with van der Waals surface area (Å²) in [5, 5.41) is -0.735. The van der Waals surface area contributed by atoms with Gasteiger partial charge in [-0.25, -0.2) is 18.4 Å². The second kappa shape index (κ2) is 4.76. The first-order chi connectivity index (χ1) is 8.39. The molecule has 0 aromatic carbocycles. The van der Waals surface area contributed by atoms with Crippen LogP contribution >= 0.6 is 0 Å². The summed E-state index contributed by atoms with van der Waals surface area (Å²) >= 11 is 0. The highest BCUT2D eigenvalue weighted by atomic mass is 32.2. The Kier molecular flexibility index (Phi) is 3.47. The molecule has 1 heterocycles. The Morgan fingerprint density at radius 3 is 2.61 bits per heavy atom. The van der Waals surface area contributed by atoms with Gasteiger partial charge in [0.1, 0.15) is 11.1 Å². The van der Waals surface area contributed by atoms with Crippen LogP contribution in [-0.4, -0.2) is 30.4 Å². The Morgan fingerprint density at radius 2 is 1.94 bits per heavy atom. The number of aryl methyl sites for hydroxylation is 1. The number of rotatable bonds is 2. The molecule has 1 unspecified atom stereocenters. The molecule has 1 aliphatic rings. The molecule has 2 rings (SSSR count). The van der Waals surface area contributed by atoms with E-state index in [1.54, 1.807) is 6.92 Å². The van der Waals surface area contributed by atoms with Crippen LogP contribution in [0.2, 0.25) is 0 Å². The Hall–Kier alpha value is -1.30.